The van der Waals surface area contributed by atoms with Gasteiger partial charge in [0.1, 0.15) is 0 Å². The van der Waals surface area contributed by atoms with E-state index < -0.39 is 43.2 Å². The molecule has 0 unspecified atom stereocenters. The van der Waals surface area contributed by atoms with Crippen LogP contribution in [-0.4, -0.2) is 203 Å². The molecule has 0 aliphatic rings. The van der Waals surface area contributed by atoms with Crippen LogP contribution < -0.4 is 51.9 Å². The number of nitrogens with zero attached hydrogens (tertiary/aromatic N) is 4. The Hall–Kier alpha value is 1.63. The van der Waals surface area contributed by atoms with Gasteiger partial charge in [-0.3, -0.25) is 16.8 Å². The second-order valence-corrected chi connectivity index (χ2v) is 14.7. The minimum atomic E-state index is -0.611. The number of aliphatic hydroxyl groups is 2. The monoisotopic (exact) mass is 1190 g/mol. The fourth-order valence-electron chi connectivity index (χ4n) is 1.09. The van der Waals surface area contributed by atoms with Crippen LogP contribution in [0.3, 0.4) is 0 Å². The van der Waals surface area contributed by atoms with Crippen LogP contribution >= 0.6 is 48.9 Å². The Morgan fingerprint density at radius 3 is 0.550 bits per heavy atom. The molecule has 346 valence electrons. The Morgan fingerprint density at radius 2 is 0.483 bits per heavy atom. The summed E-state index contributed by atoms with van der Waals surface area (Å²) in [5, 5.41) is 119. The number of aliphatic hydroxyl groups excluding tert-OH is 2. The average molecular weight is 1190 g/mol. The van der Waals surface area contributed by atoms with E-state index in [2.05, 4.69) is 70.1 Å². The zero-order chi connectivity index (χ0) is 47.3. The Balaban J connectivity index is -0.0000000254. The molecular formula is C28H62Cr2N8O12S8Zn2+4. The molecule has 6 N–H and O–H groups in total. The summed E-state index contributed by atoms with van der Waals surface area (Å²) >= 11 is 14.8. The first-order chi connectivity index (χ1) is 26.2. The molecule has 0 saturated carbocycles. The Bertz CT molecular complexity index is 729. The molecule has 0 spiro atoms. The molecule has 0 bridgehead atoms. The number of thiocarbonyl (C=S) groups is 4. The molecule has 0 heterocycles. The van der Waals surface area contributed by atoms with Crippen molar-refractivity contribution in [1.82, 2.24) is 21.3 Å². The third-order valence-electron chi connectivity index (χ3n) is 2.25. The van der Waals surface area contributed by atoms with E-state index in [1.54, 1.807) is 50.0 Å². The normalized spacial score (nSPS) is 7.27. The molecule has 0 fully saturated rings. The summed E-state index contributed by atoms with van der Waals surface area (Å²) in [6.45, 7) is 3.10. The van der Waals surface area contributed by atoms with Crippen LogP contribution in [0, 0.1) is 0 Å². The maximum atomic E-state index is 9.66. The predicted molar refractivity (Wildman–Crippen MR) is 239 cm³/mol. The van der Waals surface area contributed by atoms with Crippen LogP contribution in [0.15, 0.2) is 0 Å². The summed E-state index contributed by atoms with van der Waals surface area (Å²) in [6, 6.07) is 0. The quantitative estimate of drug-likeness (QED) is 0.0362. The third kappa shape index (κ3) is 659. The molecule has 32 heteroatoms. The molecule has 0 aromatic rings. The molecule has 0 amide bonds. The fourth-order valence-corrected chi connectivity index (χ4v) is 1.09. The first-order valence-corrected chi connectivity index (χ1v) is 24.3. The summed E-state index contributed by atoms with van der Waals surface area (Å²) in [4.78, 5) is 0. The van der Waals surface area contributed by atoms with E-state index in [1.807, 2.05) is 0 Å². The van der Waals surface area contributed by atoms with Crippen molar-refractivity contribution in [3.63, 3.8) is 0 Å². The second kappa shape index (κ2) is 152. The maximum absolute atomic E-state index is 9.66. The predicted octanol–water partition coefficient (Wildman–Crippen LogP) is -6.95. The van der Waals surface area contributed by atoms with E-state index in [0.29, 0.717) is 52.4 Å². The molecule has 20 nitrogen and oxygen atoms in total. The van der Waals surface area contributed by atoms with Crippen molar-refractivity contribution in [2.75, 3.05) is 155 Å². The molecule has 2 radical (unpaired) electrons. The zero-order valence-electron chi connectivity index (χ0n) is 35.6. The minimum Gasteiger partial charge on any atom is -0.854 e. The van der Waals surface area contributed by atoms with Crippen LogP contribution in [0.2, 0.25) is 0 Å². The van der Waals surface area contributed by atoms with Crippen LogP contribution in [-0.2, 0) is 117 Å². The van der Waals surface area contributed by atoms with Crippen molar-refractivity contribution in [3.8, 4) is 0 Å². The van der Waals surface area contributed by atoms with Crippen molar-refractivity contribution >= 4 is 113 Å². The van der Waals surface area contributed by atoms with Gasteiger partial charge in [0.15, 0.2) is 0 Å². The zero-order valence-corrected chi connectivity index (χ0v) is 50.6. The molecule has 0 aliphatic heterocycles. The van der Waals surface area contributed by atoms with Crippen LogP contribution in [0.5, 0.6) is 0 Å². The number of isothiocyanates is 4. The van der Waals surface area contributed by atoms with Gasteiger partial charge < -0.3 is 83.8 Å². The third-order valence-corrected chi connectivity index (χ3v) is 2.25. The number of nitrogens with one attached hydrogen (secondary N) is 4. The van der Waals surface area contributed by atoms with Gasteiger partial charge in [0.25, 0.3) is 0 Å². The van der Waals surface area contributed by atoms with E-state index in [9.17, 15) is 47.5 Å². The molecule has 0 aromatic carbocycles. The molecule has 0 saturated heterocycles. The van der Waals surface area contributed by atoms with Crippen molar-refractivity contribution in [2.45, 2.75) is 0 Å². The topological polar surface area (TPSA) is 384 Å². The Kier molecular flexibility index (Phi) is 276. The van der Waals surface area contributed by atoms with Crippen molar-refractivity contribution < 1.29 is 131 Å². The van der Waals surface area contributed by atoms with Gasteiger partial charge in [0.2, 0.25) is 0 Å². The first kappa shape index (κ1) is 109. The van der Waals surface area contributed by atoms with Crippen LogP contribution in [0.25, 0.3) is 21.6 Å². The van der Waals surface area contributed by atoms with Crippen molar-refractivity contribution in [3.05, 3.63) is 21.6 Å². The molecule has 0 aliphatic carbocycles. The largest absolute Gasteiger partial charge is 5.00 e. The van der Waals surface area contributed by atoms with Gasteiger partial charge in [-0.1, -0.05) is 48.9 Å². The average Bonchev–Trinajstić information content (AvgIpc) is 3.07. The molecule has 0 aromatic heterocycles. The summed E-state index contributed by atoms with van der Waals surface area (Å²) in [6.07, 6.45) is 13.1. The van der Waals surface area contributed by atoms with E-state index in [1.165, 1.54) is 20.6 Å². The van der Waals surface area contributed by atoms with Gasteiger partial charge in [-0.15, -0.1) is 39.6 Å². The van der Waals surface area contributed by atoms with Gasteiger partial charge in [-0.2, -0.15) is 20.6 Å². The Morgan fingerprint density at radius 1 is 0.400 bits per heavy atom. The standard InChI is InChI=1S/2C4H10NO2.2C4H9NO2.4C2H6OS.4CNS.2Cr.2Zn/c4*6-3-1-5-2-4-7;4*1-4(2)3;4*2-1-3;;;;/h2*5-6H,1-4H2;2*5H,1-4H2;4*1-2H3;;;;;;;;/q2*-1;2*-2;;;;;4*-1;2*+5;2*+2. The van der Waals surface area contributed by atoms with E-state index in [-0.39, 0.29) is 127 Å². The van der Waals surface area contributed by atoms with E-state index in [4.69, 9.17) is 31.9 Å². The second-order valence-electron chi connectivity index (χ2n) is 8.00. The van der Waals surface area contributed by atoms with Gasteiger partial charge in [-0.25, -0.2) is 0 Å². The Labute approximate surface area is 437 Å². The fraction of sp³-hybridized carbons (Fsp3) is 0.857. The minimum absolute atomic E-state index is 0. The van der Waals surface area contributed by atoms with E-state index in [0.717, 1.165) is 0 Å². The van der Waals surface area contributed by atoms with E-state index >= 15 is 0 Å². The summed E-state index contributed by atoms with van der Waals surface area (Å²) in [5.74, 6) is 0. The molecule has 60 heavy (non-hydrogen) atoms. The SMILES string of the molecule is CS(C)=O.CS(C)=O.CS(C)=O.CS(C)=O.[Cr+5].[Cr+5].[N-]=C=S.[N-]=C=S.[N-]=C=S.[N-]=C=S.[O-]CCNCCO.[O-]CCNCCO.[O-]CCNCC[O-].[O-]CCNCC[O-].[Zn+2].[Zn+2]. The first-order valence-electron chi connectivity index (χ1n) is 14.8. The van der Waals surface area contributed by atoms with Crippen molar-refractivity contribution in [2.24, 2.45) is 0 Å². The summed E-state index contributed by atoms with van der Waals surface area (Å²) in [7, 11) is -2.44. The van der Waals surface area contributed by atoms with Gasteiger partial charge >= 0.3 is 73.7 Å². The maximum Gasteiger partial charge on any atom is 5.00 e. The van der Waals surface area contributed by atoms with Crippen LogP contribution in [0.1, 0.15) is 0 Å². The number of hydrogen-bond donors (Lipinski definition) is 6. The summed E-state index contributed by atoms with van der Waals surface area (Å²) < 4.78 is 38.2. The molecule has 0 atom stereocenters. The molecule has 0 rings (SSSR count). The van der Waals surface area contributed by atoms with Gasteiger partial charge in [0, 0.05) is 106 Å². The van der Waals surface area contributed by atoms with Gasteiger partial charge in [-0.05, 0) is 39.3 Å². The van der Waals surface area contributed by atoms with Gasteiger partial charge in [0.05, 0.1) is 13.2 Å². The smallest absolute Gasteiger partial charge is 0.854 e. The molecular weight excluding hydrogens is 1130 g/mol. The van der Waals surface area contributed by atoms with Crippen molar-refractivity contribution in [1.29, 1.82) is 0 Å². The summed E-state index contributed by atoms with van der Waals surface area (Å²) in [5.41, 5.74) is 0. The number of rotatable bonds is 16. The number of hydrogen-bond acceptors (Lipinski definition) is 20. The van der Waals surface area contributed by atoms with Crippen LogP contribution in [0.4, 0.5) is 0 Å².